The van der Waals surface area contributed by atoms with Crippen molar-refractivity contribution in [3.63, 3.8) is 0 Å². The van der Waals surface area contributed by atoms with Crippen LogP contribution in [0, 0.1) is 10.1 Å². The van der Waals surface area contributed by atoms with E-state index in [0.717, 1.165) is 11.6 Å². The number of nitro groups is 1. The highest BCUT2D eigenvalue weighted by Crippen LogP contribution is 2.29. The minimum absolute atomic E-state index is 0.0104. The second-order valence-corrected chi connectivity index (χ2v) is 10.3. The van der Waals surface area contributed by atoms with E-state index in [-0.39, 0.29) is 22.9 Å². The highest BCUT2D eigenvalue weighted by atomic mass is 32.2. The van der Waals surface area contributed by atoms with Crippen molar-refractivity contribution in [2.24, 2.45) is 5.10 Å². The van der Waals surface area contributed by atoms with Gasteiger partial charge in [0.2, 0.25) is 0 Å². The summed E-state index contributed by atoms with van der Waals surface area (Å²) in [5, 5.41) is 15.9. The highest BCUT2D eigenvalue weighted by molar-refractivity contribution is 7.92. The topological polar surface area (TPSA) is 158 Å². The molecule has 0 atom stereocenters. The Labute approximate surface area is 241 Å². The number of hydrogen-bond donors (Lipinski definition) is 2. The van der Waals surface area contributed by atoms with Gasteiger partial charge in [-0.15, -0.1) is 0 Å². The molecule has 0 spiro atoms. The Hall–Kier alpha value is -5.43. The Bertz CT molecular complexity index is 1710. The summed E-state index contributed by atoms with van der Waals surface area (Å²) in [5.74, 6) is 0.615. The Balaban J connectivity index is 1.46. The zero-order valence-corrected chi connectivity index (χ0v) is 23.3. The van der Waals surface area contributed by atoms with Gasteiger partial charge in [0.1, 0.15) is 23.8 Å². The van der Waals surface area contributed by atoms with Crippen LogP contribution in [0.3, 0.4) is 0 Å². The van der Waals surface area contributed by atoms with Crippen molar-refractivity contribution in [2.45, 2.75) is 11.5 Å². The first kappa shape index (κ1) is 29.6. The van der Waals surface area contributed by atoms with Gasteiger partial charge >= 0.3 is 5.97 Å². The second kappa shape index (κ2) is 13.3. The first-order valence-corrected chi connectivity index (χ1v) is 13.8. The van der Waals surface area contributed by atoms with Gasteiger partial charge in [-0.05, 0) is 66.2 Å². The van der Waals surface area contributed by atoms with Crippen molar-refractivity contribution in [2.75, 3.05) is 24.4 Å². The van der Waals surface area contributed by atoms with Crippen LogP contribution >= 0.6 is 0 Å². The zero-order valence-electron chi connectivity index (χ0n) is 22.5. The molecule has 0 amide bonds. The number of benzene rings is 4. The normalized spacial score (nSPS) is 11.1. The molecule has 0 saturated carbocycles. The van der Waals surface area contributed by atoms with E-state index in [9.17, 15) is 23.3 Å². The first-order valence-electron chi connectivity index (χ1n) is 12.3. The molecule has 13 heteroatoms. The number of hydrazone groups is 1. The molecular weight excluding hydrogens is 564 g/mol. The number of esters is 1. The van der Waals surface area contributed by atoms with Crippen LogP contribution in [-0.4, -0.2) is 39.7 Å². The Morgan fingerprint density at radius 2 is 1.69 bits per heavy atom. The number of carbonyl (C=O) groups is 1. The van der Waals surface area contributed by atoms with Crippen molar-refractivity contribution >= 4 is 39.3 Å². The summed E-state index contributed by atoms with van der Waals surface area (Å²) in [6.45, 7) is 0.214. The van der Waals surface area contributed by atoms with Gasteiger partial charge in [0.05, 0.1) is 35.8 Å². The average Bonchev–Trinajstić information content (AvgIpc) is 3.00. The molecule has 0 aliphatic carbocycles. The molecule has 4 aromatic carbocycles. The molecule has 12 nitrogen and oxygen atoms in total. The molecule has 216 valence electrons. The number of ether oxygens (including phenoxy) is 3. The van der Waals surface area contributed by atoms with Crippen LogP contribution in [0.4, 0.5) is 17.1 Å². The number of sulfonamides is 1. The van der Waals surface area contributed by atoms with Gasteiger partial charge in [0, 0.05) is 17.3 Å². The van der Waals surface area contributed by atoms with E-state index in [1.165, 1.54) is 44.7 Å². The third-order valence-electron chi connectivity index (χ3n) is 5.90. The van der Waals surface area contributed by atoms with Crippen LogP contribution in [0.25, 0.3) is 0 Å². The van der Waals surface area contributed by atoms with E-state index in [0.29, 0.717) is 22.6 Å². The van der Waals surface area contributed by atoms with Crippen molar-refractivity contribution in [3.05, 3.63) is 118 Å². The fourth-order valence-corrected chi connectivity index (χ4v) is 4.78. The number of carbonyl (C=O) groups excluding carboxylic acids is 1. The minimum atomic E-state index is -4.11. The first-order chi connectivity index (χ1) is 20.2. The highest BCUT2D eigenvalue weighted by Gasteiger charge is 2.22. The average molecular weight is 591 g/mol. The molecule has 42 heavy (non-hydrogen) atoms. The number of nitrogens with one attached hydrogen (secondary N) is 2. The van der Waals surface area contributed by atoms with Gasteiger partial charge < -0.3 is 14.2 Å². The number of methoxy groups -OCH3 is 2. The molecule has 4 rings (SSSR count). The number of para-hydroxylation sites is 1. The van der Waals surface area contributed by atoms with Gasteiger partial charge in [-0.3, -0.25) is 20.3 Å². The smallest absolute Gasteiger partial charge is 0.337 e. The maximum atomic E-state index is 12.9. The zero-order chi connectivity index (χ0) is 30.1. The van der Waals surface area contributed by atoms with E-state index in [1.54, 1.807) is 60.7 Å². The molecule has 0 radical (unpaired) electrons. The third kappa shape index (κ3) is 7.40. The molecule has 0 aliphatic rings. The van der Waals surface area contributed by atoms with Crippen LogP contribution in [0.15, 0.2) is 101 Å². The number of nitro benzene ring substituents is 1. The number of hydrogen-bond acceptors (Lipinski definition) is 10. The lowest BCUT2D eigenvalue weighted by molar-refractivity contribution is -0.384. The number of nitrogens with zero attached hydrogens (tertiary/aromatic N) is 2. The molecule has 0 heterocycles. The summed E-state index contributed by atoms with van der Waals surface area (Å²) in [4.78, 5) is 22.4. The minimum Gasteiger partial charge on any atom is -0.497 e. The predicted octanol–water partition coefficient (Wildman–Crippen LogP) is 5.22. The van der Waals surface area contributed by atoms with E-state index in [4.69, 9.17) is 14.2 Å². The fraction of sp³-hybridized carbons (Fsp3) is 0.103. The fourth-order valence-electron chi connectivity index (χ4n) is 3.70. The van der Waals surface area contributed by atoms with Gasteiger partial charge in [-0.1, -0.05) is 24.3 Å². The van der Waals surface area contributed by atoms with E-state index >= 15 is 0 Å². The summed E-state index contributed by atoms with van der Waals surface area (Å²) in [7, 11) is -1.31. The lowest BCUT2D eigenvalue weighted by atomic mass is 10.1. The Morgan fingerprint density at radius 3 is 2.36 bits per heavy atom. The van der Waals surface area contributed by atoms with Gasteiger partial charge in [0.15, 0.2) is 0 Å². The Morgan fingerprint density at radius 1 is 0.976 bits per heavy atom. The van der Waals surface area contributed by atoms with Gasteiger partial charge in [-0.25, -0.2) is 13.2 Å². The third-order valence-corrected chi connectivity index (χ3v) is 7.27. The van der Waals surface area contributed by atoms with Crippen molar-refractivity contribution in [1.82, 2.24) is 0 Å². The number of anilines is 2. The van der Waals surface area contributed by atoms with Crippen molar-refractivity contribution < 1.29 is 32.3 Å². The quantitative estimate of drug-likeness (QED) is 0.0977. The summed E-state index contributed by atoms with van der Waals surface area (Å²) in [6, 6.07) is 23.5. The maximum Gasteiger partial charge on any atom is 0.337 e. The molecule has 0 aliphatic heterocycles. The lowest BCUT2D eigenvalue weighted by Gasteiger charge is -2.10. The summed E-state index contributed by atoms with van der Waals surface area (Å²) in [6.07, 6.45) is 1.43. The molecule has 0 fully saturated rings. The van der Waals surface area contributed by atoms with Crippen LogP contribution in [0.1, 0.15) is 21.5 Å². The van der Waals surface area contributed by atoms with E-state index < -0.39 is 26.6 Å². The molecule has 0 unspecified atom stereocenters. The SMILES string of the molecule is COC(=O)c1ccc(COc2ccccc2/C=N\Nc2ccc(S(=O)(=O)Nc3ccc(OC)cc3)cc2[N+](=O)[O-])cc1. The van der Waals surface area contributed by atoms with Crippen LogP contribution < -0.4 is 19.6 Å². The van der Waals surface area contributed by atoms with Gasteiger partial charge in [0.25, 0.3) is 15.7 Å². The van der Waals surface area contributed by atoms with Crippen LogP contribution in [0.2, 0.25) is 0 Å². The molecule has 4 aromatic rings. The van der Waals surface area contributed by atoms with Crippen LogP contribution in [0.5, 0.6) is 11.5 Å². The molecule has 2 N–H and O–H groups in total. The molecule has 0 saturated heterocycles. The van der Waals surface area contributed by atoms with Crippen molar-refractivity contribution in [1.29, 1.82) is 0 Å². The summed E-state index contributed by atoms with van der Waals surface area (Å²) >= 11 is 0. The monoisotopic (exact) mass is 590 g/mol. The van der Waals surface area contributed by atoms with Gasteiger partial charge in [-0.2, -0.15) is 5.10 Å². The van der Waals surface area contributed by atoms with Crippen molar-refractivity contribution in [3.8, 4) is 11.5 Å². The number of rotatable bonds is 12. The molecule has 0 bridgehead atoms. The largest absolute Gasteiger partial charge is 0.497 e. The second-order valence-electron chi connectivity index (χ2n) is 8.66. The standard InChI is InChI=1S/C29H26N4O8S/c1-39-24-13-11-23(12-14-24)32-42(37,38)25-15-16-26(27(17-25)33(35)36)31-30-18-22-5-3-4-6-28(22)41-19-20-7-9-21(10-8-20)29(34)40-2/h3-18,31-32H,19H2,1-2H3/b30-18-. The Kier molecular flexibility index (Phi) is 9.35. The lowest BCUT2D eigenvalue weighted by Crippen LogP contribution is -2.13. The predicted molar refractivity (Wildman–Crippen MR) is 157 cm³/mol. The molecular formula is C29H26N4O8S. The van der Waals surface area contributed by atoms with E-state index in [2.05, 4.69) is 15.2 Å². The molecule has 0 aromatic heterocycles. The maximum absolute atomic E-state index is 12.9. The van der Waals surface area contributed by atoms with E-state index in [1.807, 2.05) is 0 Å². The summed E-state index contributed by atoms with van der Waals surface area (Å²) in [5.41, 5.74) is 4.21. The summed E-state index contributed by atoms with van der Waals surface area (Å²) < 4.78 is 43.8. The van der Waals surface area contributed by atoms with Crippen LogP contribution in [-0.2, 0) is 21.4 Å².